The summed E-state index contributed by atoms with van der Waals surface area (Å²) < 4.78 is 0. The SMILES string of the molecule is CCCCCCCNC(=O)C1=CC[C@H]2[C@@H]3CCc4cc(O)ccc4[C@H]3CC[C@]12C. The van der Waals surface area contributed by atoms with Crippen LogP contribution in [0.4, 0.5) is 0 Å². The number of aromatic hydroxyl groups is 1. The number of phenolic OH excluding ortho intramolecular Hbond substituents is 1. The molecule has 0 saturated heterocycles. The van der Waals surface area contributed by atoms with Gasteiger partial charge >= 0.3 is 0 Å². The van der Waals surface area contributed by atoms with Crippen molar-refractivity contribution in [3.8, 4) is 5.75 Å². The molecule has 3 nitrogen and oxygen atoms in total. The first kappa shape index (κ1) is 20.5. The fourth-order valence-electron chi connectivity index (χ4n) is 6.51. The van der Waals surface area contributed by atoms with E-state index in [-0.39, 0.29) is 11.3 Å². The largest absolute Gasteiger partial charge is 0.508 e. The molecule has 4 atom stereocenters. The first-order valence-electron chi connectivity index (χ1n) is 11.8. The Hall–Kier alpha value is -1.77. The van der Waals surface area contributed by atoms with Crippen LogP contribution in [0.15, 0.2) is 29.8 Å². The summed E-state index contributed by atoms with van der Waals surface area (Å²) in [6, 6.07) is 5.96. The van der Waals surface area contributed by atoms with Gasteiger partial charge in [-0.05, 0) is 79.5 Å². The number of unbranched alkanes of at least 4 members (excludes halogenated alkanes) is 4. The zero-order chi connectivity index (χ0) is 20.4. The number of aryl methyl sites for hydroxylation is 1. The van der Waals surface area contributed by atoms with Crippen LogP contribution in [0.2, 0.25) is 0 Å². The monoisotopic (exact) mass is 395 g/mol. The summed E-state index contributed by atoms with van der Waals surface area (Å²) in [5, 5.41) is 13.1. The van der Waals surface area contributed by atoms with Gasteiger partial charge in [0.25, 0.3) is 0 Å². The Bertz CT molecular complexity index is 783. The molecule has 3 aliphatic carbocycles. The number of rotatable bonds is 7. The van der Waals surface area contributed by atoms with Crippen molar-refractivity contribution < 1.29 is 9.90 Å². The van der Waals surface area contributed by atoms with Crippen molar-refractivity contribution in [3.63, 3.8) is 0 Å². The number of amides is 1. The van der Waals surface area contributed by atoms with E-state index in [0.29, 0.717) is 23.5 Å². The van der Waals surface area contributed by atoms with Crippen molar-refractivity contribution in [1.29, 1.82) is 0 Å². The van der Waals surface area contributed by atoms with E-state index in [1.807, 2.05) is 12.1 Å². The van der Waals surface area contributed by atoms with Crippen molar-refractivity contribution in [3.05, 3.63) is 41.0 Å². The Balaban J connectivity index is 1.40. The van der Waals surface area contributed by atoms with Gasteiger partial charge in [-0.2, -0.15) is 0 Å². The second kappa shape index (κ2) is 8.53. The maximum atomic E-state index is 13.0. The molecule has 3 heteroatoms. The molecule has 3 aliphatic rings. The zero-order valence-electron chi connectivity index (χ0n) is 18.2. The number of allylic oxidation sites excluding steroid dienone is 1. The predicted molar refractivity (Wildman–Crippen MR) is 118 cm³/mol. The van der Waals surface area contributed by atoms with Gasteiger partial charge in [-0.15, -0.1) is 0 Å². The number of phenols is 1. The maximum absolute atomic E-state index is 13.0. The Labute approximate surface area is 176 Å². The van der Waals surface area contributed by atoms with Gasteiger partial charge in [0.05, 0.1) is 0 Å². The van der Waals surface area contributed by atoms with Crippen LogP contribution in [-0.2, 0) is 11.2 Å². The van der Waals surface area contributed by atoms with Gasteiger partial charge in [0, 0.05) is 17.5 Å². The Kier molecular flexibility index (Phi) is 6.03. The highest BCUT2D eigenvalue weighted by Gasteiger charge is 2.53. The van der Waals surface area contributed by atoms with Crippen molar-refractivity contribution in [1.82, 2.24) is 5.32 Å². The van der Waals surface area contributed by atoms with E-state index in [0.717, 1.165) is 44.2 Å². The minimum atomic E-state index is 0.0296. The molecule has 1 saturated carbocycles. The Morgan fingerprint density at radius 1 is 1.21 bits per heavy atom. The van der Waals surface area contributed by atoms with Crippen molar-refractivity contribution in [2.45, 2.75) is 84.0 Å². The van der Waals surface area contributed by atoms with Gasteiger partial charge in [0.15, 0.2) is 0 Å². The van der Waals surface area contributed by atoms with E-state index in [1.165, 1.54) is 43.2 Å². The number of benzene rings is 1. The number of carbonyl (C=O) groups is 1. The molecule has 0 spiro atoms. The smallest absolute Gasteiger partial charge is 0.247 e. The molecule has 1 fully saturated rings. The highest BCUT2D eigenvalue weighted by atomic mass is 16.3. The molecular formula is C26H37NO2. The molecule has 0 heterocycles. The minimum Gasteiger partial charge on any atom is -0.508 e. The number of fused-ring (bicyclic) bond motifs is 5. The molecule has 1 amide bonds. The second-order valence-electron chi connectivity index (χ2n) is 9.78. The third-order valence-corrected chi connectivity index (χ3v) is 8.10. The molecule has 0 radical (unpaired) electrons. The molecule has 2 N–H and O–H groups in total. The van der Waals surface area contributed by atoms with Crippen LogP contribution < -0.4 is 5.32 Å². The van der Waals surface area contributed by atoms with Gasteiger partial charge in [0.1, 0.15) is 5.75 Å². The van der Waals surface area contributed by atoms with E-state index < -0.39 is 0 Å². The van der Waals surface area contributed by atoms with Crippen LogP contribution in [0, 0.1) is 17.3 Å². The summed E-state index contributed by atoms with van der Waals surface area (Å²) in [6.07, 6.45) is 13.9. The van der Waals surface area contributed by atoms with Crippen LogP contribution in [0.5, 0.6) is 5.75 Å². The van der Waals surface area contributed by atoms with E-state index in [1.54, 1.807) is 0 Å². The minimum absolute atomic E-state index is 0.0296. The second-order valence-corrected chi connectivity index (χ2v) is 9.78. The van der Waals surface area contributed by atoms with Crippen LogP contribution >= 0.6 is 0 Å². The topological polar surface area (TPSA) is 49.3 Å². The van der Waals surface area contributed by atoms with E-state index >= 15 is 0 Å². The van der Waals surface area contributed by atoms with Gasteiger partial charge < -0.3 is 10.4 Å². The third-order valence-electron chi connectivity index (χ3n) is 8.10. The number of nitrogens with one attached hydrogen (secondary N) is 1. The summed E-state index contributed by atoms with van der Waals surface area (Å²) in [6.45, 7) is 5.39. The molecule has 0 unspecified atom stereocenters. The number of hydrogen-bond donors (Lipinski definition) is 2. The molecule has 1 aromatic rings. The lowest BCUT2D eigenvalue weighted by molar-refractivity contribution is -0.119. The lowest BCUT2D eigenvalue weighted by Gasteiger charge is -2.50. The third kappa shape index (κ3) is 3.85. The molecule has 29 heavy (non-hydrogen) atoms. The fraction of sp³-hybridized carbons (Fsp3) is 0.654. The molecule has 1 aromatic carbocycles. The van der Waals surface area contributed by atoms with Crippen LogP contribution in [0.1, 0.15) is 88.7 Å². The van der Waals surface area contributed by atoms with Gasteiger partial charge in [-0.3, -0.25) is 4.79 Å². The summed E-state index contributed by atoms with van der Waals surface area (Å²) in [4.78, 5) is 13.0. The standard InChI is InChI=1S/C26H37NO2/c1-3-4-5-6-7-16-27-25(29)24-13-12-23-22-10-8-18-17-19(28)9-11-20(18)21(22)14-15-26(23,24)2/h9,11,13,17,21-23,28H,3-8,10,12,14-16H2,1-2H3,(H,27,29)/t21-,22-,23+,26+/m1/s1. The molecule has 0 bridgehead atoms. The van der Waals surface area contributed by atoms with Crippen molar-refractivity contribution in [2.75, 3.05) is 6.54 Å². The van der Waals surface area contributed by atoms with Gasteiger partial charge in [-0.1, -0.05) is 51.7 Å². The molecule has 0 aromatic heterocycles. The molecule has 4 rings (SSSR count). The Morgan fingerprint density at radius 3 is 2.86 bits per heavy atom. The molecular weight excluding hydrogens is 358 g/mol. The summed E-state index contributed by atoms with van der Waals surface area (Å²) in [5.74, 6) is 2.39. The van der Waals surface area contributed by atoms with Gasteiger partial charge in [-0.25, -0.2) is 0 Å². The van der Waals surface area contributed by atoms with Crippen molar-refractivity contribution >= 4 is 5.91 Å². The maximum Gasteiger partial charge on any atom is 0.247 e. The molecule has 158 valence electrons. The summed E-state index contributed by atoms with van der Waals surface area (Å²) in [5.41, 5.74) is 3.88. The fourth-order valence-corrected chi connectivity index (χ4v) is 6.51. The quantitative estimate of drug-likeness (QED) is 0.567. The van der Waals surface area contributed by atoms with E-state index in [4.69, 9.17) is 0 Å². The van der Waals surface area contributed by atoms with Crippen LogP contribution in [-0.4, -0.2) is 17.6 Å². The van der Waals surface area contributed by atoms with Crippen LogP contribution in [0.25, 0.3) is 0 Å². The number of carbonyl (C=O) groups excluding carboxylic acids is 1. The predicted octanol–water partition coefficient (Wildman–Crippen LogP) is 5.87. The average molecular weight is 396 g/mol. The summed E-state index contributed by atoms with van der Waals surface area (Å²) >= 11 is 0. The highest BCUT2D eigenvalue weighted by Crippen LogP contribution is 2.61. The summed E-state index contributed by atoms with van der Waals surface area (Å²) in [7, 11) is 0. The normalized spacial score (nSPS) is 30.1. The first-order chi connectivity index (χ1) is 14.0. The number of hydrogen-bond acceptors (Lipinski definition) is 2. The Morgan fingerprint density at radius 2 is 2.03 bits per heavy atom. The van der Waals surface area contributed by atoms with E-state index in [9.17, 15) is 9.90 Å². The lowest BCUT2D eigenvalue weighted by atomic mass is 9.54. The zero-order valence-corrected chi connectivity index (χ0v) is 18.2. The van der Waals surface area contributed by atoms with Crippen LogP contribution in [0.3, 0.4) is 0 Å². The first-order valence-corrected chi connectivity index (χ1v) is 11.8. The average Bonchev–Trinajstić information content (AvgIpc) is 3.07. The highest BCUT2D eigenvalue weighted by molar-refractivity contribution is 5.95. The van der Waals surface area contributed by atoms with Crippen molar-refractivity contribution in [2.24, 2.45) is 17.3 Å². The lowest BCUT2D eigenvalue weighted by Crippen LogP contribution is -2.44. The van der Waals surface area contributed by atoms with E-state index in [2.05, 4.69) is 31.3 Å². The van der Waals surface area contributed by atoms with Gasteiger partial charge in [0.2, 0.25) is 5.91 Å². The molecule has 0 aliphatic heterocycles.